The smallest absolute Gasteiger partial charge is 0.175 e. The van der Waals surface area contributed by atoms with E-state index in [1.54, 1.807) is 19.1 Å². The van der Waals surface area contributed by atoms with Gasteiger partial charge < -0.3 is 15.5 Å². The maximum absolute atomic E-state index is 11.3. The Kier molecular flexibility index (Phi) is 6.32. The van der Waals surface area contributed by atoms with Crippen molar-refractivity contribution in [1.29, 1.82) is 0 Å². The molecule has 24 heavy (non-hydrogen) atoms. The van der Waals surface area contributed by atoms with Crippen LogP contribution in [-0.4, -0.2) is 24.0 Å². The van der Waals surface area contributed by atoms with Gasteiger partial charge in [-0.05, 0) is 81.5 Å². The van der Waals surface area contributed by atoms with E-state index in [0.29, 0.717) is 10.7 Å². The van der Waals surface area contributed by atoms with E-state index in [9.17, 15) is 4.79 Å². The Hall–Kier alpha value is -2.40. The number of hydrogen-bond donors (Lipinski definition) is 2. The predicted octanol–water partition coefficient (Wildman–Crippen LogP) is 4.54. The lowest BCUT2D eigenvalue weighted by Gasteiger charge is -2.21. The molecule has 0 spiro atoms. The van der Waals surface area contributed by atoms with Crippen LogP contribution in [0.4, 0.5) is 17.1 Å². The molecule has 0 unspecified atom stereocenters. The third-order valence-electron chi connectivity index (χ3n) is 3.80. The van der Waals surface area contributed by atoms with Crippen LogP contribution in [0.5, 0.6) is 0 Å². The zero-order chi connectivity index (χ0) is 17.5. The highest BCUT2D eigenvalue weighted by Crippen LogP contribution is 2.18. The molecule has 0 aliphatic carbocycles. The first kappa shape index (κ1) is 17.9. The molecule has 0 aliphatic rings. The molecule has 4 nitrogen and oxygen atoms in total. The summed E-state index contributed by atoms with van der Waals surface area (Å²) in [6, 6.07) is 15.4. The first-order valence-corrected chi connectivity index (χ1v) is 8.48. The van der Waals surface area contributed by atoms with Crippen LogP contribution in [0.15, 0.2) is 48.5 Å². The molecule has 126 valence electrons. The monoisotopic (exact) mass is 341 g/mol. The van der Waals surface area contributed by atoms with Crippen LogP contribution in [0.3, 0.4) is 0 Å². The van der Waals surface area contributed by atoms with Crippen molar-refractivity contribution in [1.82, 2.24) is 0 Å². The number of thiocarbonyl (C=S) groups is 1. The maximum Gasteiger partial charge on any atom is 0.175 e. The largest absolute Gasteiger partial charge is 0.372 e. The number of ketones is 1. The van der Waals surface area contributed by atoms with Gasteiger partial charge in [-0.1, -0.05) is 0 Å². The third kappa shape index (κ3) is 4.80. The van der Waals surface area contributed by atoms with Gasteiger partial charge in [0, 0.05) is 35.7 Å². The number of rotatable bonds is 6. The summed E-state index contributed by atoms with van der Waals surface area (Å²) in [6.45, 7) is 7.81. The standard InChI is InChI=1S/C19H23N3OS/c1-4-22(5-2)18-12-10-17(11-13-18)21-19(24)20-16-8-6-15(7-9-16)14(3)23/h6-13H,4-5H2,1-3H3,(H2,20,21,24). The minimum atomic E-state index is 0.0514. The van der Waals surface area contributed by atoms with Crippen molar-refractivity contribution in [3.63, 3.8) is 0 Å². The van der Waals surface area contributed by atoms with Crippen molar-refractivity contribution in [2.45, 2.75) is 20.8 Å². The van der Waals surface area contributed by atoms with Crippen molar-refractivity contribution in [2.75, 3.05) is 28.6 Å². The molecule has 0 saturated heterocycles. The van der Waals surface area contributed by atoms with Crippen LogP contribution in [0.2, 0.25) is 0 Å². The molecule has 2 aromatic carbocycles. The average Bonchev–Trinajstić information content (AvgIpc) is 2.58. The van der Waals surface area contributed by atoms with E-state index >= 15 is 0 Å². The second-order valence-electron chi connectivity index (χ2n) is 5.43. The van der Waals surface area contributed by atoms with Gasteiger partial charge in [0.15, 0.2) is 10.9 Å². The fourth-order valence-electron chi connectivity index (χ4n) is 2.43. The Bertz CT molecular complexity index is 692. The van der Waals surface area contributed by atoms with Crippen molar-refractivity contribution < 1.29 is 4.79 Å². The van der Waals surface area contributed by atoms with Crippen LogP contribution in [0.25, 0.3) is 0 Å². The molecule has 0 heterocycles. The molecule has 0 aliphatic heterocycles. The van der Waals surface area contributed by atoms with Crippen LogP contribution in [0, 0.1) is 0 Å². The zero-order valence-electron chi connectivity index (χ0n) is 14.3. The van der Waals surface area contributed by atoms with Gasteiger partial charge in [-0.15, -0.1) is 0 Å². The van der Waals surface area contributed by atoms with E-state index in [1.807, 2.05) is 24.3 Å². The lowest BCUT2D eigenvalue weighted by atomic mass is 10.1. The van der Waals surface area contributed by atoms with Gasteiger partial charge in [0.1, 0.15) is 0 Å². The number of Topliss-reactive ketones (excluding diaryl/α,β-unsaturated/α-hetero) is 1. The average molecular weight is 341 g/mol. The molecular formula is C19H23N3OS. The molecule has 0 amide bonds. The predicted molar refractivity (Wildman–Crippen MR) is 106 cm³/mol. The number of anilines is 3. The number of carbonyl (C=O) groups excluding carboxylic acids is 1. The highest BCUT2D eigenvalue weighted by Gasteiger charge is 2.04. The first-order chi connectivity index (χ1) is 11.5. The number of nitrogens with one attached hydrogen (secondary N) is 2. The van der Waals surface area contributed by atoms with Gasteiger partial charge in [-0.25, -0.2) is 0 Å². The van der Waals surface area contributed by atoms with Crippen molar-refractivity contribution in [2.24, 2.45) is 0 Å². The summed E-state index contributed by atoms with van der Waals surface area (Å²) in [5.74, 6) is 0.0514. The van der Waals surface area contributed by atoms with Gasteiger partial charge in [0.2, 0.25) is 0 Å². The van der Waals surface area contributed by atoms with E-state index < -0.39 is 0 Å². The Morgan fingerprint density at radius 3 is 1.79 bits per heavy atom. The molecular weight excluding hydrogens is 318 g/mol. The number of nitrogens with zero attached hydrogens (tertiary/aromatic N) is 1. The molecule has 0 saturated carbocycles. The fourth-order valence-corrected chi connectivity index (χ4v) is 2.66. The van der Waals surface area contributed by atoms with E-state index in [0.717, 1.165) is 24.5 Å². The quantitative estimate of drug-likeness (QED) is 0.596. The van der Waals surface area contributed by atoms with E-state index in [-0.39, 0.29) is 5.78 Å². The zero-order valence-corrected chi connectivity index (χ0v) is 15.1. The van der Waals surface area contributed by atoms with Gasteiger partial charge in [-0.3, -0.25) is 4.79 Å². The third-order valence-corrected chi connectivity index (χ3v) is 4.01. The SMILES string of the molecule is CCN(CC)c1ccc(NC(=S)Nc2ccc(C(C)=O)cc2)cc1. The van der Waals surface area contributed by atoms with Crippen LogP contribution >= 0.6 is 12.2 Å². The summed E-state index contributed by atoms with van der Waals surface area (Å²) in [7, 11) is 0. The van der Waals surface area contributed by atoms with Gasteiger partial charge in [0.05, 0.1) is 0 Å². The Labute approximate surface area is 148 Å². The van der Waals surface area contributed by atoms with Crippen LogP contribution < -0.4 is 15.5 Å². The first-order valence-electron chi connectivity index (χ1n) is 8.07. The van der Waals surface area contributed by atoms with Crippen molar-refractivity contribution in [3.8, 4) is 0 Å². The summed E-state index contributed by atoms with van der Waals surface area (Å²) in [6.07, 6.45) is 0. The lowest BCUT2D eigenvalue weighted by Crippen LogP contribution is -2.22. The van der Waals surface area contributed by atoms with E-state index in [4.69, 9.17) is 12.2 Å². The highest BCUT2D eigenvalue weighted by atomic mass is 32.1. The van der Waals surface area contributed by atoms with Gasteiger partial charge in [-0.2, -0.15) is 0 Å². The summed E-state index contributed by atoms with van der Waals surface area (Å²) in [5.41, 5.74) is 3.66. The van der Waals surface area contributed by atoms with E-state index in [1.165, 1.54) is 5.69 Å². The van der Waals surface area contributed by atoms with Crippen molar-refractivity contribution >= 4 is 40.2 Å². The molecule has 2 rings (SSSR count). The van der Waals surface area contributed by atoms with Gasteiger partial charge in [0.25, 0.3) is 0 Å². The molecule has 0 atom stereocenters. The second kappa shape index (κ2) is 8.45. The topological polar surface area (TPSA) is 44.4 Å². The fraction of sp³-hybridized carbons (Fsp3) is 0.263. The summed E-state index contributed by atoms with van der Waals surface area (Å²) in [5, 5.41) is 6.79. The molecule has 0 bridgehead atoms. The van der Waals surface area contributed by atoms with Crippen LogP contribution in [-0.2, 0) is 0 Å². The van der Waals surface area contributed by atoms with Gasteiger partial charge >= 0.3 is 0 Å². The minimum absolute atomic E-state index is 0.0514. The normalized spacial score (nSPS) is 10.1. The Morgan fingerprint density at radius 2 is 1.38 bits per heavy atom. The van der Waals surface area contributed by atoms with Crippen molar-refractivity contribution in [3.05, 3.63) is 54.1 Å². The lowest BCUT2D eigenvalue weighted by molar-refractivity contribution is 0.101. The summed E-state index contributed by atoms with van der Waals surface area (Å²) < 4.78 is 0. The molecule has 0 fully saturated rings. The number of benzene rings is 2. The van der Waals surface area contributed by atoms with Crippen LogP contribution in [0.1, 0.15) is 31.1 Å². The van der Waals surface area contributed by atoms with E-state index in [2.05, 4.69) is 41.5 Å². The summed E-state index contributed by atoms with van der Waals surface area (Å²) in [4.78, 5) is 13.6. The number of hydrogen-bond acceptors (Lipinski definition) is 3. The molecule has 2 N–H and O–H groups in total. The Morgan fingerprint density at radius 1 is 0.917 bits per heavy atom. The second-order valence-corrected chi connectivity index (χ2v) is 5.84. The maximum atomic E-state index is 11.3. The molecule has 5 heteroatoms. The Balaban J connectivity index is 1.95. The molecule has 2 aromatic rings. The minimum Gasteiger partial charge on any atom is -0.372 e. The summed E-state index contributed by atoms with van der Waals surface area (Å²) >= 11 is 5.33. The highest BCUT2D eigenvalue weighted by molar-refractivity contribution is 7.80. The molecule has 0 radical (unpaired) electrons. The number of carbonyl (C=O) groups is 1. The molecule has 0 aromatic heterocycles.